The fourth-order valence-electron chi connectivity index (χ4n) is 3.87. The van der Waals surface area contributed by atoms with Crippen LogP contribution in [-0.4, -0.2) is 17.8 Å². The molecule has 0 amide bonds. The molecule has 4 nitrogen and oxygen atoms in total. The highest BCUT2D eigenvalue weighted by molar-refractivity contribution is 6.01. The molecule has 0 fully saturated rings. The molecule has 0 saturated carbocycles. The van der Waals surface area contributed by atoms with Crippen molar-refractivity contribution in [2.45, 2.75) is 18.7 Å². The zero-order chi connectivity index (χ0) is 19.1. The molecule has 0 saturated heterocycles. The van der Waals surface area contributed by atoms with E-state index in [1.54, 1.807) is 19.2 Å². The summed E-state index contributed by atoms with van der Waals surface area (Å²) in [4.78, 5) is 0. The Bertz CT molecular complexity index is 1050. The Hall–Kier alpha value is -3.34. The highest BCUT2D eigenvalue weighted by atomic mass is 19.1. The van der Waals surface area contributed by atoms with Crippen LogP contribution < -0.4 is 9.47 Å². The molecule has 28 heavy (non-hydrogen) atoms. The van der Waals surface area contributed by atoms with Crippen LogP contribution in [0.1, 0.15) is 35.4 Å². The fourth-order valence-corrected chi connectivity index (χ4v) is 3.87. The minimum absolute atomic E-state index is 0.0706. The number of rotatable bonds is 3. The van der Waals surface area contributed by atoms with Crippen LogP contribution in [0.25, 0.3) is 0 Å². The van der Waals surface area contributed by atoms with Gasteiger partial charge in [-0.3, -0.25) is 0 Å². The van der Waals surface area contributed by atoms with E-state index in [-0.39, 0.29) is 18.1 Å². The number of hydrazone groups is 1. The predicted octanol–water partition coefficient (Wildman–Crippen LogP) is 5.08. The van der Waals surface area contributed by atoms with Crippen LogP contribution in [0, 0.1) is 5.82 Å². The summed E-state index contributed by atoms with van der Waals surface area (Å²) in [6.45, 7) is 0. The van der Waals surface area contributed by atoms with Gasteiger partial charge in [-0.15, -0.1) is 0 Å². The van der Waals surface area contributed by atoms with Crippen LogP contribution in [0.4, 0.5) is 4.39 Å². The first kappa shape index (κ1) is 16.8. The van der Waals surface area contributed by atoms with E-state index >= 15 is 0 Å². The van der Waals surface area contributed by atoms with E-state index in [4.69, 9.17) is 14.6 Å². The van der Waals surface area contributed by atoms with Crippen molar-refractivity contribution in [3.05, 3.63) is 95.3 Å². The SMILES string of the molecule is COc1cccc([C@@H]2Oc3ccccc3[C@@H]3CC(c4ccc(F)cc4)=NN32)c1. The van der Waals surface area contributed by atoms with Crippen molar-refractivity contribution >= 4 is 5.71 Å². The lowest BCUT2D eigenvalue weighted by atomic mass is 9.96. The van der Waals surface area contributed by atoms with Gasteiger partial charge in [0.05, 0.1) is 18.9 Å². The molecular weight excluding hydrogens is 355 g/mol. The number of hydrogen-bond donors (Lipinski definition) is 0. The normalized spacial score (nSPS) is 20.1. The molecule has 5 heteroatoms. The van der Waals surface area contributed by atoms with Crippen molar-refractivity contribution in [2.24, 2.45) is 5.10 Å². The molecule has 0 bridgehead atoms. The molecule has 2 heterocycles. The molecular formula is C23H19FN2O2. The molecule has 0 aliphatic carbocycles. The third-order valence-electron chi connectivity index (χ3n) is 5.26. The van der Waals surface area contributed by atoms with E-state index in [9.17, 15) is 4.39 Å². The molecule has 3 aromatic rings. The smallest absolute Gasteiger partial charge is 0.214 e. The minimum Gasteiger partial charge on any atom is -0.497 e. The van der Waals surface area contributed by atoms with Gasteiger partial charge >= 0.3 is 0 Å². The second-order valence-electron chi connectivity index (χ2n) is 6.94. The maximum absolute atomic E-state index is 13.3. The summed E-state index contributed by atoms with van der Waals surface area (Å²) < 4.78 is 25.1. The molecule has 2 aliphatic rings. The number of methoxy groups -OCH3 is 1. The van der Waals surface area contributed by atoms with Crippen LogP contribution in [0.15, 0.2) is 77.9 Å². The highest BCUT2D eigenvalue weighted by Crippen LogP contribution is 2.47. The summed E-state index contributed by atoms with van der Waals surface area (Å²) in [5, 5.41) is 6.89. The first-order valence-electron chi connectivity index (χ1n) is 9.24. The Morgan fingerprint density at radius 2 is 1.86 bits per heavy atom. The summed E-state index contributed by atoms with van der Waals surface area (Å²) >= 11 is 0. The van der Waals surface area contributed by atoms with Gasteiger partial charge in [-0.25, -0.2) is 9.40 Å². The largest absolute Gasteiger partial charge is 0.497 e. The molecule has 2 aliphatic heterocycles. The van der Waals surface area contributed by atoms with Crippen LogP contribution in [0.5, 0.6) is 11.5 Å². The van der Waals surface area contributed by atoms with E-state index in [0.29, 0.717) is 0 Å². The van der Waals surface area contributed by atoms with Crippen molar-refractivity contribution in [3.63, 3.8) is 0 Å². The Kier molecular flexibility index (Phi) is 4.01. The number of ether oxygens (including phenoxy) is 2. The first-order valence-corrected chi connectivity index (χ1v) is 9.24. The van der Waals surface area contributed by atoms with Crippen LogP contribution in [0.2, 0.25) is 0 Å². The number of hydrogen-bond acceptors (Lipinski definition) is 4. The van der Waals surface area contributed by atoms with Gasteiger partial charge in [0.25, 0.3) is 0 Å². The maximum Gasteiger partial charge on any atom is 0.214 e. The maximum atomic E-state index is 13.3. The lowest BCUT2D eigenvalue weighted by Crippen LogP contribution is -2.33. The third-order valence-corrected chi connectivity index (χ3v) is 5.26. The molecule has 0 aromatic heterocycles. The zero-order valence-electron chi connectivity index (χ0n) is 15.4. The van der Waals surface area contributed by atoms with Crippen LogP contribution in [0.3, 0.4) is 0 Å². The third kappa shape index (κ3) is 2.80. The van der Waals surface area contributed by atoms with Gasteiger partial charge in [-0.05, 0) is 35.9 Å². The van der Waals surface area contributed by atoms with E-state index < -0.39 is 0 Å². The second-order valence-corrected chi connectivity index (χ2v) is 6.94. The molecule has 3 aromatic carbocycles. The Balaban J connectivity index is 1.59. The number of fused-ring (bicyclic) bond motifs is 3. The number of halogens is 1. The zero-order valence-corrected chi connectivity index (χ0v) is 15.4. The summed E-state index contributed by atoms with van der Waals surface area (Å²) in [5.74, 6) is 1.40. The van der Waals surface area contributed by atoms with Crippen LogP contribution >= 0.6 is 0 Å². The minimum atomic E-state index is -0.354. The van der Waals surface area contributed by atoms with E-state index in [2.05, 4.69) is 6.07 Å². The Morgan fingerprint density at radius 3 is 2.68 bits per heavy atom. The summed E-state index contributed by atoms with van der Waals surface area (Å²) in [7, 11) is 1.65. The summed E-state index contributed by atoms with van der Waals surface area (Å²) in [5.41, 5.74) is 3.95. The number of benzene rings is 3. The van der Waals surface area contributed by atoms with Crippen molar-refractivity contribution < 1.29 is 13.9 Å². The molecule has 5 rings (SSSR count). The van der Waals surface area contributed by atoms with E-state index in [0.717, 1.165) is 40.3 Å². The van der Waals surface area contributed by atoms with Gasteiger partial charge in [0.2, 0.25) is 6.23 Å². The molecule has 0 radical (unpaired) electrons. The molecule has 0 unspecified atom stereocenters. The first-order chi connectivity index (χ1) is 13.7. The van der Waals surface area contributed by atoms with Gasteiger partial charge in [0.1, 0.15) is 17.3 Å². The van der Waals surface area contributed by atoms with Gasteiger partial charge in [-0.1, -0.05) is 42.5 Å². The number of nitrogens with zero attached hydrogens (tertiary/aromatic N) is 2. The van der Waals surface area contributed by atoms with Crippen LogP contribution in [-0.2, 0) is 0 Å². The lowest BCUT2D eigenvalue weighted by Gasteiger charge is -2.38. The van der Waals surface area contributed by atoms with E-state index in [1.807, 2.05) is 47.5 Å². The summed E-state index contributed by atoms with van der Waals surface area (Å²) in [6, 6.07) is 22.5. The van der Waals surface area contributed by atoms with Gasteiger partial charge in [0, 0.05) is 17.5 Å². The van der Waals surface area contributed by atoms with Crippen molar-refractivity contribution in [2.75, 3.05) is 7.11 Å². The summed E-state index contributed by atoms with van der Waals surface area (Å²) in [6.07, 6.45) is 0.389. The second kappa shape index (κ2) is 6.68. The topological polar surface area (TPSA) is 34.1 Å². The predicted molar refractivity (Wildman–Crippen MR) is 105 cm³/mol. The standard InChI is InChI=1S/C23H19FN2O2/c1-27-18-6-4-5-16(13-18)23-26-21(19-7-2-3-8-22(19)28-23)14-20(25-26)15-9-11-17(24)12-10-15/h2-13,21,23H,14H2,1H3/t21-,23-/m0/s1. The highest BCUT2D eigenvalue weighted by Gasteiger charge is 2.40. The molecule has 2 atom stereocenters. The Labute approximate surface area is 162 Å². The average molecular weight is 374 g/mol. The van der Waals surface area contributed by atoms with Crippen molar-refractivity contribution in [1.82, 2.24) is 5.01 Å². The van der Waals surface area contributed by atoms with Crippen molar-refractivity contribution in [3.8, 4) is 11.5 Å². The van der Waals surface area contributed by atoms with Crippen molar-refractivity contribution in [1.29, 1.82) is 0 Å². The lowest BCUT2D eigenvalue weighted by molar-refractivity contribution is -0.0191. The van der Waals surface area contributed by atoms with Gasteiger partial charge in [0.15, 0.2) is 0 Å². The average Bonchev–Trinajstić information content (AvgIpc) is 3.19. The molecule has 140 valence electrons. The van der Waals surface area contributed by atoms with E-state index in [1.165, 1.54) is 12.1 Å². The Morgan fingerprint density at radius 1 is 1.04 bits per heavy atom. The van der Waals surface area contributed by atoms with Gasteiger partial charge in [-0.2, -0.15) is 5.10 Å². The monoisotopic (exact) mass is 374 g/mol. The van der Waals surface area contributed by atoms with Gasteiger partial charge < -0.3 is 9.47 Å². The fraction of sp³-hybridized carbons (Fsp3) is 0.174. The number of para-hydroxylation sites is 1. The molecule has 0 spiro atoms. The molecule has 0 N–H and O–H groups in total. The quantitative estimate of drug-likeness (QED) is 0.641.